The quantitative estimate of drug-likeness (QED) is 0.399. The second kappa shape index (κ2) is 10.2. The molecule has 9 nitrogen and oxygen atoms in total. The zero-order valence-corrected chi connectivity index (χ0v) is 18.9. The molecule has 0 amide bonds. The third kappa shape index (κ3) is 5.59. The third-order valence-electron chi connectivity index (χ3n) is 4.42. The summed E-state index contributed by atoms with van der Waals surface area (Å²) in [4.78, 5) is 30.2. The number of hydrogen-bond donors (Lipinski definition) is 2. The number of imidazole rings is 1. The van der Waals surface area contributed by atoms with Crippen LogP contribution in [-0.4, -0.2) is 55.7 Å². The Labute approximate surface area is 192 Å². The van der Waals surface area contributed by atoms with E-state index in [4.69, 9.17) is 14.9 Å². The lowest BCUT2D eigenvalue weighted by molar-refractivity contribution is -0.134. The van der Waals surface area contributed by atoms with Gasteiger partial charge in [0.15, 0.2) is 0 Å². The molecule has 0 spiro atoms. The monoisotopic (exact) mass is 500 g/mol. The zero-order chi connectivity index (χ0) is 23.3. The van der Waals surface area contributed by atoms with Crippen molar-refractivity contribution in [1.29, 1.82) is 0 Å². The van der Waals surface area contributed by atoms with Crippen molar-refractivity contribution in [3.63, 3.8) is 0 Å². The highest BCUT2D eigenvalue weighted by molar-refractivity contribution is 9.10. The van der Waals surface area contributed by atoms with Crippen LogP contribution in [-0.2, 0) is 16.1 Å². The molecule has 1 unspecified atom stereocenters. The van der Waals surface area contributed by atoms with Gasteiger partial charge in [-0.15, -0.1) is 0 Å². The maximum atomic E-state index is 9.55. The summed E-state index contributed by atoms with van der Waals surface area (Å²) in [5.41, 5.74) is 2.14. The number of rotatable bonds is 5. The Bertz CT molecular complexity index is 1140. The normalized spacial score (nSPS) is 14.2. The lowest BCUT2D eigenvalue weighted by Gasteiger charge is -2.29. The molecular weight excluding hydrogens is 480 g/mol. The number of carbonyl (C=O) groups is 2. The van der Waals surface area contributed by atoms with E-state index in [-0.39, 0.29) is 6.04 Å². The van der Waals surface area contributed by atoms with Gasteiger partial charge in [-0.2, -0.15) is 0 Å². The lowest BCUT2D eigenvalue weighted by Crippen LogP contribution is -2.22. The van der Waals surface area contributed by atoms with E-state index < -0.39 is 11.9 Å². The number of hydrogen-bond acceptors (Lipinski definition) is 6. The van der Waals surface area contributed by atoms with Crippen molar-refractivity contribution >= 4 is 27.9 Å². The van der Waals surface area contributed by atoms with E-state index in [2.05, 4.69) is 47.5 Å². The number of aromatic nitrogens is 3. The van der Waals surface area contributed by atoms with Crippen LogP contribution in [0.15, 0.2) is 65.5 Å². The van der Waals surface area contributed by atoms with Crippen LogP contribution in [0.25, 0.3) is 0 Å². The fourth-order valence-corrected chi connectivity index (χ4v) is 3.60. The molecule has 0 aliphatic carbocycles. The molecule has 10 heteroatoms. The van der Waals surface area contributed by atoms with E-state index in [1.54, 1.807) is 6.20 Å². The molecule has 32 heavy (non-hydrogen) atoms. The fraction of sp³-hybridized carbons (Fsp3) is 0.182. The van der Waals surface area contributed by atoms with Crippen LogP contribution in [0.5, 0.6) is 11.6 Å². The number of benzene rings is 1. The number of carboxylic acid groups (broad SMARTS) is 2. The van der Waals surface area contributed by atoms with Crippen LogP contribution in [0.2, 0.25) is 0 Å². The predicted molar refractivity (Wildman–Crippen MR) is 120 cm³/mol. The summed E-state index contributed by atoms with van der Waals surface area (Å²) in [5, 5.41) is 15.6. The van der Waals surface area contributed by atoms with Gasteiger partial charge in [0.2, 0.25) is 5.88 Å². The molecular formula is C22H21BrN4O5. The van der Waals surface area contributed by atoms with Crippen molar-refractivity contribution in [2.45, 2.75) is 12.6 Å². The van der Waals surface area contributed by atoms with Gasteiger partial charge < -0.3 is 24.4 Å². The summed E-state index contributed by atoms with van der Waals surface area (Å²) in [6, 6.07) is 10.1. The third-order valence-corrected chi connectivity index (χ3v) is 4.91. The van der Waals surface area contributed by atoms with Crippen molar-refractivity contribution < 1.29 is 24.5 Å². The predicted octanol–water partition coefficient (Wildman–Crippen LogP) is 3.56. The van der Waals surface area contributed by atoms with E-state index in [0.717, 1.165) is 33.7 Å². The molecule has 2 N–H and O–H groups in total. The molecule has 1 atom stereocenters. The first-order chi connectivity index (χ1) is 15.3. The minimum absolute atomic E-state index is 0.00704. The summed E-state index contributed by atoms with van der Waals surface area (Å²) in [5.74, 6) is -0.0202. The van der Waals surface area contributed by atoms with E-state index in [1.807, 2.05) is 44.7 Å². The molecule has 1 aliphatic rings. The van der Waals surface area contributed by atoms with Crippen molar-refractivity contribution in [2.75, 3.05) is 14.1 Å². The van der Waals surface area contributed by atoms with Gasteiger partial charge in [-0.05, 0) is 44.4 Å². The fourth-order valence-electron chi connectivity index (χ4n) is 3.22. The largest absolute Gasteiger partial charge is 0.478 e. The highest BCUT2D eigenvalue weighted by Crippen LogP contribution is 2.44. The minimum atomic E-state index is -1.26. The van der Waals surface area contributed by atoms with Gasteiger partial charge in [-0.1, -0.05) is 15.9 Å². The summed E-state index contributed by atoms with van der Waals surface area (Å²) < 4.78 is 9.23. The molecule has 3 heterocycles. The van der Waals surface area contributed by atoms with E-state index in [9.17, 15) is 9.59 Å². The van der Waals surface area contributed by atoms with Crippen molar-refractivity contribution in [3.05, 3.63) is 82.5 Å². The van der Waals surface area contributed by atoms with E-state index in [0.29, 0.717) is 18.0 Å². The molecule has 166 valence electrons. The van der Waals surface area contributed by atoms with Gasteiger partial charge in [0.05, 0.1) is 12.6 Å². The molecule has 1 aliphatic heterocycles. The van der Waals surface area contributed by atoms with Crippen LogP contribution in [0.1, 0.15) is 23.0 Å². The Hall–Kier alpha value is -3.50. The standard InChI is InChI=1S/C18H17BrN4O.C4H4O4/c1-22(2)11-16-20-8-9-23(16)17-13-4-3-7-21-18(13)24-15-6-5-12(19)10-14(15)17;5-3(6)1-2-4(7)8/h3-10,17H,11H2,1-2H3;1-2H,(H,5,6)(H,7,8)/b;2-1-. The average molecular weight is 501 g/mol. The molecule has 1 aromatic carbocycles. The molecule has 0 saturated heterocycles. The Balaban J connectivity index is 0.000000312. The first-order valence-corrected chi connectivity index (χ1v) is 10.3. The summed E-state index contributed by atoms with van der Waals surface area (Å²) in [6.07, 6.45) is 6.75. The molecule has 0 radical (unpaired) electrons. The molecule has 3 aromatic rings. The maximum absolute atomic E-state index is 9.55. The van der Waals surface area contributed by atoms with Crippen molar-refractivity contribution in [3.8, 4) is 11.6 Å². The topological polar surface area (TPSA) is 118 Å². The van der Waals surface area contributed by atoms with Gasteiger partial charge in [0.1, 0.15) is 11.6 Å². The minimum Gasteiger partial charge on any atom is -0.478 e. The first kappa shape index (κ1) is 23.2. The number of aliphatic carboxylic acids is 2. The van der Waals surface area contributed by atoms with Crippen LogP contribution in [0, 0.1) is 0 Å². The van der Waals surface area contributed by atoms with Crippen LogP contribution in [0.4, 0.5) is 0 Å². The highest BCUT2D eigenvalue weighted by Gasteiger charge is 2.30. The number of carboxylic acids is 2. The maximum Gasteiger partial charge on any atom is 0.328 e. The Morgan fingerprint density at radius 3 is 2.50 bits per heavy atom. The number of pyridine rings is 1. The Morgan fingerprint density at radius 2 is 1.84 bits per heavy atom. The second-order valence-corrected chi connectivity index (χ2v) is 8.00. The SMILES string of the molecule is CN(C)Cc1nccn1C1c2cc(Br)ccc2Oc2ncccc21.O=C(O)/C=C\C(=O)O. The lowest BCUT2D eigenvalue weighted by atomic mass is 9.96. The van der Waals surface area contributed by atoms with Gasteiger partial charge in [0, 0.05) is 46.3 Å². The van der Waals surface area contributed by atoms with E-state index >= 15 is 0 Å². The number of halogens is 1. The Kier molecular flexibility index (Phi) is 7.39. The second-order valence-electron chi connectivity index (χ2n) is 7.08. The van der Waals surface area contributed by atoms with Gasteiger partial charge in [-0.25, -0.2) is 19.6 Å². The summed E-state index contributed by atoms with van der Waals surface area (Å²) >= 11 is 3.58. The van der Waals surface area contributed by atoms with Crippen molar-refractivity contribution in [1.82, 2.24) is 19.4 Å². The first-order valence-electron chi connectivity index (χ1n) is 9.49. The van der Waals surface area contributed by atoms with Crippen LogP contribution < -0.4 is 4.74 Å². The Morgan fingerprint density at radius 1 is 1.12 bits per heavy atom. The van der Waals surface area contributed by atoms with Gasteiger partial charge >= 0.3 is 11.9 Å². The number of ether oxygens (including phenoxy) is 1. The molecule has 2 aromatic heterocycles. The van der Waals surface area contributed by atoms with Gasteiger partial charge in [-0.3, -0.25) is 0 Å². The summed E-state index contributed by atoms with van der Waals surface area (Å²) in [7, 11) is 4.09. The summed E-state index contributed by atoms with van der Waals surface area (Å²) in [6.45, 7) is 0.767. The number of fused-ring (bicyclic) bond motifs is 2. The molecule has 4 rings (SSSR count). The van der Waals surface area contributed by atoms with Gasteiger partial charge in [0.25, 0.3) is 0 Å². The van der Waals surface area contributed by atoms with Crippen molar-refractivity contribution in [2.24, 2.45) is 0 Å². The molecule has 0 fully saturated rings. The average Bonchev–Trinajstić information content (AvgIpc) is 3.18. The highest BCUT2D eigenvalue weighted by atomic mass is 79.9. The van der Waals surface area contributed by atoms with E-state index in [1.165, 1.54) is 0 Å². The van der Waals surface area contributed by atoms with Crippen LogP contribution in [0.3, 0.4) is 0 Å². The number of nitrogens with zero attached hydrogens (tertiary/aromatic N) is 4. The zero-order valence-electron chi connectivity index (χ0n) is 17.3. The smallest absolute Gasteiger partial charge is 0.328 e. The van der Waals surface area contributed by atoms with Crippen LogP contribution >= 0.6 is 15.9 Å². The molecule has 0 saturated carbocycles. The molecule has 0 bridgehead atoms.